The number of hydrogen-bond acceptors (Lipinski definition) is 8. The van der Waals surface area contributed by atoms with Gasteiger partial charge in [-0.1, -0.05) is 11.8 Å². The van der Waals surface area contributed by atoms with Crippen molar-refractivity contribution in [3.63, 3.8) is 0 Å². The van der Waals surface area contributed by atoms with Gasteiger partial charge in [0, 0.05) is 11.3 Å². The van der Waals surface area contributed by atoms with Crippen LogP contribution in [0.25, 0.3) is 11.5 Å². The number of amides is 1. The van der Waals surface area contributed by atoms with Crippen LogP contribution >= 0.6 is 11.8 Å². The molecule has 0 radical (unpaired) electrons. The van der Waals surface area contributed by atoms with Gasteiger partial charge in [-0.3, -0.25) is 4.79 Å². The molecular formula is C18H18N4O5S2. The zero-order valence-corrected chi connectivity index (χ0v) is 17.2. The summed E-state index contributed by atoms with van der Waals surface area (Å²) in [7, 11) is -2.20. The molecule has 0 saturated carbocycles. The number of primary sulfonamides is 1. The van der Waals surface area contributed by atoms with Gasteiger partial charge in [-0.15, -0.1) is 10.2 Å². The van der Waals surface area contributed by atoms with E-state index in [4.69, 9.17) is 14.3 Å². The zero-order chi connectivity index (χ0) is 21.0. The van der Waals surface area contributed by atoms with Crippen LogP contribution in [0.3, 0.4) is 0 Å². The zero-order valence-electron chi connectivity index (χ0n) is 15.5. The van der Waals surface area contributed by atoms with Crippen LogP contribution in [0.1, 0.15) is 6.92 Å². The first-order valence-corrected chi connectivity index (χ1v) is 10.8. The Morgan fingerprint density at radius 1 is 1.14 bits per heavy atom. The van der Waals surface area contributed by atoms with E-state index in [1.54, 1.807) is 38.3 Å². The molecule has 3 N–H and O–H groups in total. The largest absolute Gasteiger partial charge is 0.497 e. The standard InChI is InChI=1S/C18H18N4O5S2/c1-11(16(23)20-13-5-9-15(10-6-13)29(19,24)25)28-18-22-21-17(27-18)12-3-7-14(26-2)8-4-12/h3-11H,1-2H3,(H,20,23)(H2,19,24,25). The highest BCUT2D eigenvalue weighted by atomic mass is 32.2. The molecule has 0 saturated heterocycles. The number of carbonyl (C=O) groups excluding carboxylic acids is 1. The lowest BCUT2D eigenvalue weighted by Gasteiger charge is -2.10. The van der Waals surface area contributed by atoms with E-state index in [2.05, 4.69) is 15.5 Å². The minimum absolute atomic E-state index is 0.0326. The molecule has 1 heterocycles. The second kappa shape index (κ2) is 8.64. The van der Waals surface area contributed by atoms with Crippen molar-refractivity contribution in [3.8, 4) is 17.2 Å². The van der Waals surface area contributed by atoms with E-state index in [9.17, 15) is 13.2 Å². The minimum atomic E-state index is -3.78. The van der Waals surface area contributed by atoms with Gasteiger partial charge in [0.15, 0.2) is 0 Å². The summed E-state index contributed by atoms with van der Waals surface area (Å²) in [4.78, 5) is 12.3. The number of nitrogens with one attached hydrogen (secondary N) is 1. The van der Waals surface area contributed by atoms with Crippen molar-refractivity contribution in [1.29, 1.82) is 0 Å². The summed E-state index contributed by atoms with van der Waals surface area (Å²) in [5.74, 6) is 0.745. The van der Waals surface area contributed by atoms with Crippen molar-refractivity contribution in [2.24, 2.45) is 5.14 Å². The third kappa shape index (κ3) is 5.34. The molecule has 0 aliphatic rings. The molecule has 3 aromatic rings. The lowest BCUT2D eigenvalue weighted by molar-refractivity contribution is -0.115. The van der Waals surface area contributed by atoms with Gasteiger partial charge in [0.2, 0.25) is 21.8 Å². The second-order valence-corrected chi connectivity index (χ2v) is 8.77. The highest BCUT2D eigenvalue weighted by molar-refractivity contribution is 8.00. The first kappa shape index (κ1) is 20.8. The van der Waals surface area contributed by atoms with Crippen LogP contribution in [0.5, 0.6) is 5.75 Å². The average molecular weight is 434 g/mol. The van der Waals surface area contributed by atoms with Gasteiger partial charge in [-0.2, -0.15) is 0 Å². The fraction of sp³-hybridized carbons (Fsp3) is 0.167. The van der Waals surface area contributed by atoms with Gasteiger partial charge < -0.3 is 14.5 Å². The van der Waals surface area contributed by atoms with Crippen molar-refractivity contribution in [1.82, 2.24) is 10.2 Å². The maximum Gasteiger partial charge on any atom is 0.277 e. The third-order valence-electron chi connectivity index (χ3n) is 3.84. The van der Waals surface area contributed by atoms with Gasteiger partial charge in [-0.05, 0) is 55.5 Å². The Bertz CT molecular complexity index is 1100. The van der Waals surface area contributed by atoms with Gasteiger partial charge in [-0.25, -0.2) is 13.6 Å². The summed E-state index contributed by atoms with van der Waals surface area (Å²) in [6.07, 6.45) is 0. The van der Waals surface area contributed by atoms with Gasteiger partial charge in [0.05, 0.1) is 17.3 Å². The number of anilines is 1. The van der Waals surface area contributed by atoms with Crippen LogP contribution < -0.4 is 15.2 Å². The molecule has 11 heteroatoms. The van der Waals surface area contributed by atoms with Crippen molar-refractivity contribution >= 4 is 33.4 Å². The number of hydrogen-bond donors (Lipinski definition) is 2. The van der Waals surface area contributed by atoms with Crippen LogP contribution in [0, 0.1) is 0 Å². The monoisotopic (exact) mass is 434 g/mol. The van der Waals surface area contributed by atoms with E-state index in [1.165, 1.54) is 24.3 Å². The van der Waals surface area contributed by atoms with Crippen LogP contribution in [-0.4, -0.2) is 36.9 Å². The molecule has 1 amide bonds. The first-order valence-electron chi connectivity index (χ1n) is 8.34. The SMILES string of the molecule is COc1ccc(-c2nnc(SC(C)C(=O)Nc3ccc(S(N)(=O)=O)cc3)o2)cc1. The van der Waals surface area contributed by atoms with E-state index in [1.807, 2.05) is 0 Å². The highest BCUT2D eigenvalue weighted by Crippen LogP contribution is 2.27. The number of carbonyl (C=O) groups is 1. The number of ether oxygens (including phenoxy) is 1. The molecule has 0 aliphatic heterocycles. The summed E-state index contributed by atoms with van der Waals surface area (Å²) in [6, 6.07) is 12.7. The van der Waals surface area contributed by atoms with Gasteiger partial charge in [0.1, 0.15) is 5.75 Å². The topological polar surface area (TPSA) is 137 Å². The minimum Gasteiger partial charge on any atom is -0.497 e. The Morgan fingerprint density at radius 2 is 1.79 bits per heavy atom. The first-order chi connectivity index (χ1) is 13.8. The fourth-order valence-corrected chi connectivity index (χ4v) is 3.48. The summed E-state index contributed by atoms with van der Waals surface area (Å²) < 4.78 is 33.3. The Kier molecular flexibility index (Phi) is 6.20. The Morgan fingerprint density at radius 3 is 2.38 bits per heavy atom. The van der Waals surface area contributed by atoms with Crippen LogP contribution in [0.2, 0.25) is 0 Å². The lowest BCUT2D eigenvalue weighted by atomic mass is 10.2. The lowest BCUT2D eigenvalue weighted by Crippen LogP contribution is -2.22. The Labute approximate surface area is 171 Å². The third-order valence-corrected chi connectivity index (χ3v) is 5.70. The molecular weight excluding hydrogens is 416 g/mol. The molecule has 1 unspecified atom stereocenters. The number of rotatable bonds is 7. The number of aromatic nitrogens is 2. The number of nitrogens with zero attached hydrogens (tertiary/aromatic N) is 2. The number of nitrogens with two attached hydrogens (primary N) is 1. The smallest absolute Gasteiger partial charge is 0.277 e. The molecule has 0 aliphatic carbocycles. The maximum absolute atomic E-state index is 12.4. The molecule has 3 rings (SSSR count). The number of sulfonamides is 1. The molecule has 9 nitrogen and oxygen atoms in total. The van der Waals surface area contributed by atoms with E-state index in [0.29, 0.717) is 17.3 Å². The fourth-order valence-electron chi connectivity index (χ4n) is 2.28. The van der Waals surface area contributed by atoms with Gasteiger partial charge in [0.25, 0.3) is 5.22 Å². The van der Waals surface area contributed by atoms with Crippen molar-refractivity contribution in [2.75, 3.05) is 12.4 Å². The summed E-state index contributed by atoms with van der Waals surface area (Å²) >= 11 is 1.11. The molecule has 29 heavy (non-hydrogen) atoms. The van der Waals surface area contributed by atoms with Crippen LogP contribution in [-0.2, 0) is 14.8 Å². The normalized spacial score (nSPS) is 12.4. The van der Waals surface area contributed by atoms with Crippen molar-refractivity contribution in [2.45, 2.75) is 22.3 Å². The molecule has 0 bridgehead atoms. The molecule has 2 aromatic carbocycles. The van der Waals surface area contributed by atoms with Gasteiger partial charge >= 0.3 is 0 Å². The second-order valence-electron chi connectivity index (χ2n) is 5.92. The van der Waals surface area contributed by atoms with Crippen LogP contribution in [0.15, 0.2) is 63.1 Å². The van der Waals surface area contributed by atoms with Crippen molar-refractivity contribution < 1.29 is 22.4 Å². The predicted octanol–water partition coefficient (Wildman–Crippen LogP) is 2.51. The van der Waals surface area contributed by atoms with E-state index < -0.39 is 15.3 Å². The quantitative estimate of drug-likeness (QED) is 0.541. The van der Waals surface area contributed by atoms with Crippen molar-refractivity contribution in [3.05, 3.63) is 48.5 Å². The van der Waals surface area contributed by atoms with Crippen LogP contribution in [0.4, 0.5) is 5.69 Å². The Hall–Kier alpha value is -2.89. The molecule has 152 valence electrons. The molecule has 0 fully saturated rings. The van der Waals surface area contributed by atoms with E-state index in [0.717, 1.165) is 17.3 Å². The van der Waals surface area contributed by atoms with E-state index >= 15 is 0 Å². The number of thioether (sulfide) groups is 1. The highest BCUT2D eigenvalue weighted by Gasteiger charge is 2.19. The maximum atomic E-state index is 12.4. The summed E-state index contributed by atoms with van der Waals surface area (Å²) in [5, 5.41) is 15.4. The summed E-state index contributed by atoms with van der Waals surface area (Å²) in [6.45, 7) is 1.69. The molecule has 1 atom stereocenters. The molecule has 0 spiro atoms. The average Bonchev–Trinajstić information content (AvgIpc) is 3.16. The predicted molar refractivity (Wildman–Crippen MR) is 108 cm³/mol. The number of methoxy groups -OCH3 is 1. The molecule has 1 aromatic heterocycles. The number of benzene rings is 2. The Balaban J connectivity index is 1.61. The van der Waals surface area contributed by atoms with E-state index in [-0.39, 0.29) is 16.0 Å². The summed E-state index contributed by atoms with van der Waals surface area (Å²) in [5.41, 5.74) is 1.18.